The number of benzene rings is 3. The third-order valence-electron chi connectivity index (χ3n) is 3.82. The van der Waals surface area contributed by atoms with Gasteiger partial charge in [-0.2, -0.15) is 0 Å². The zero-order valence-corrected chi connectivity index (χ0v) is 13.7. The monoisotopic (exact) mass is 306 g/mol. The molecule has 0 amide bonds. The van der Waals surface area contributed by atoms with Crippen molar-refractivity contribution in [3.05, 3.63) is 66.2 Å². The lowest BCUT2D eigenvalue weighted by atomic mass is 10.1. The second kappa shape index (κ2) is 7.19. The van der Waals surface area contributed by atoms with Crippen molar-refractivity contribution < 1.29 is 9.47 Å². The predicted molar refractivity (Wildman–Crippen MR) is 95.6 cm³/mol. The Kier molecular flexibility index (Phi) is 4.82. The van der Waals surface area contributed by atoms with Crippen LogP contribution in [0.5, 0.6) is 17.2 Å². The third kappa shape index (κ3) is 3.84. The highest BCUT2D eigenvalue weighted by Crippen LogP contribution is 2.27. The van der Waals surface area contributed by atoms with Crippen LogP contribution < -0.4 is 9.47 Å². The van der Waals surface area contributed by atoms with Crippen molar-refractivity contribution in [2.75, 3.05) is 6.61 Å². The third-order valence-corrected chi connectivity index (χ3v) is 3.82. The highest BCUT2D eigenvalue weighted by atomic mass is 16.5. The van der Waals surface area contributed by atoms with Gasteiger partial charge < -0.3 is 9.47 Å². The summed E-state index contributed by atoms with van der Waals surface area (Å²) in [6.45, 7) is 5.01. The van der Waals surface area contributed by atoms with E-state index in [1.54, 1.807) is 0 Å². The summed E-state index contributed by atoms with van der Waals surface area (Å²) in [6.07, 6.45) is 2.07. The summed E-state index contributed by atoms with van der Waals surface area (Å²) in [4.78, 5) is 0. The standard InChI is InChI=1S/C21H22O2/c1-3-13-22-19-9-11-20(12-10-19)23-21-8-7-17-14-16(4-2)5-6-18(17)15-21/h5-12,14-15H,3-4,13H2,1-2H3. The second-order valence-corrected chi connectivity index (χ2v) is 5.62. The Morgan fingerprint density at radius 3 is 2.09 bits per heavy atom. The fourth-order valence-electron chi connectivity index (χ4n) is 2.52. The normalized spacial score (nSPS) is 10.7. The molecule has 2 heteroatoms. The lowest BCUT2D eigenvalue weighted by molar-refractivity contribution is 0.317. The minimum atomic E-state index is 0.741. The zero-order chi connectivity index (χ0) is 16.1. The Bertz CT molecular complexity index is 775. The van der Waals surface area contributed by atoms with Crippen molar-refractivity contribution in [1.82, 2.24) is 0 Å². The molecule has 0 bridgehead atoms. The fraction of sp³-hybridized carbons (Fsp3) is 0.238. The Balaban J connectivity index is 1.75. The molecular formula is C21H22O2. The average Bonchev–Trinajstić information content (AvgIpc) is 2.60. The van der Waals surface area contributed by atoms with Gasteiger partial charge in [-0.1, -0.05) is 38.1 Å². The molecule has 0 N–H and O–H groups in total. The van der Waals surface area contributed by atoms with Crippen molar-refractivity contribution in [2.24, 2.45) is 0 Å². The molecule has 0 aliphatic rings. The van der Waals surface area contributed by atoms with E-state index in [9.17, 15) is 0 Å². The van der Waals surface area contributed by atoms with E-state index in [2.05, 4.69) is 44.2 Å². The summed E-state index contributed by atoms with van der Waals surface area (Å²) in [5.74, 6) is 2.55. The van der Waals surface area contributed by atoms with Crippen LogP contribution in [0.15, 0.2) is 60.7 Å². The summed E-state index contributed by atoms with van der Waals surface area (Å²) < 4.78 is 11.5. The summed E-state index contributed by atoms with van der Waals surface area (Å²) >= 11 is 0. The minimum absolute atomic E-state index is 0.741. The van der Waals surface area contributed by atoms with Gasteiger partial charge in [0.15, 0.2) is 0 Å². The number of ether oxygens (including phenoxy) is 2. The minimum Gasteiger partial charge on any atom is -0.494 e. The van der Waals surface area contributed by atoms with Crippen molar-refractivity contribution in [1.29, 1.82) is 0 Å². The van der Waals surface area contributed by atoms with Gasteiger partial charge in [0.2, 0.25) is 0 Å². The van der Waals surface area contributed by atoms with Crippen LogP contribution in [0.4, 0.5) is 0 Å². The van der Waals surface area contributed by atoms with E-state index in [0.717, 1.165) is 36.7 Å². The number of hydrogen-bond acceptors (Lipinski definition) is 2. The molecule has 0 spiro atoms. The first-order chi connectivity index (χ1) is 11.3. The largest absolute Gasteiger partial charge is 0.494 e. The molecule has 0 saturated heterocycles. The molecule has 118 valence electrons. The first-order valence-electron chi connectivity index (χ1n) is 8.22. The molecule has 0 heterocycles. The van der Waals surface area contributed by atoms with Crippen LogP contribution in [0.3, 0.4) is 0 Å². The van der Waals surface area contributed by atoms with Gasteiger partial charge in [-0.25, -0.2) is 0 Å². The lowest BCUT2D eigenvalue weighted by Gasteiger charge is -2.09. The number of aryl methyl sites for hydroxylation is 1. The molecule has 2 nitrogen and oxygen atoms in total. The van der Waals surface area contributed by atoms with Crippen LogP contribution in [-0.2, 0) is 6.42 Å². The molecule has 3 rings (SSSR count). The Morgan fingerprint density at radius 2 is 1.35 bits per heavy atom. The van der Waals surface area contributed by atoms with E-state index in [0.29, 0.717) is 0 Å². The molecule has 0 aliphatic heterocycles. The summed E-state index contributed by atoms with van der Waals surface area (Å²) in [7, 11) is 0. The van der Waals surface area contributed by atoms with Crippen LogP contribution in [-0.4, -0.2) is 6.61 Å². The second-order valence-electron chi connectivity index (χ2n) is 5.62. The van der Waals surface area contributed by atoms with Gasteiger partial charge in [0, 0.05) is 0 Å². The highest BCUT2D eigenvalue weighted by Gasteiger charge is 2.01. The van der Waals surface area contributed by atoms with Gasteiger partial charge >= 0.3 is 0 Å². The number of fused-ring (bicyclic) bond motifs is 1. The predicted octanol–water partition coefficient (Wildman–Crippen LogP) is 5.98. The summed E-state index contributed by atoms with van der Waals surface area (Å²) in [5.41, 5.74) is 1.36. The summed E-state index contributed by atoms with van der Waals surface area (Å²) in [5, 5.41) is 2.45. The first-order valence-corrected chi connectivity index (χ1v) is 8.22. The van der Waals surface area contributed by atoms with Gasteiger partial charge in [-0.15, -0.1) is 0 Å². The van der Waals surface area contributed by atoms with Crippen LogP contribution in [0.1, 0.15) is 25.8 Å². The van der Waals surface area contributed by atoms with Crippen LogP contribution in [0.25, 0.3) is 10.8 Å². The van der Waals surface area contributed by atoms with E-state index in [1.807, 2.05) is 30.3 Å². The maximum absolute atomic E-state index is 5.95. The number of hydrogen-bond donors (Lipinski definition) is 0. The van der Waals surface area contributed by atoms with E-state index >= 15 is 0 Å². The highest BCUT2D eigenvalue weighted by molar-refractivity contribution is 5.84. The molecular weight excluding hydrogens is 284 g/mol. The molecule has 3 aromatic rings. The maximum atomic E-state index is 5.95. The SMILES string of the molecule is CCCOc1ccc(Oc2ccc3cc(CC)ccc3c2)cc1. The summed E-state index contributed by atoms with van der Waals surface area (Å²) in [6, 6.07) is 20.5. The number of rotatable bonds is 6. The van der Waals surface area contributed by atoms with Crippen molar-refractivity contribution >= 4 is 10.8 Å². The van der Waals surface area contributed by atoms with Crippen molar-refractivity contribution in [3.8, 4) is 17.2 Å². The topological polar surface area (TPSA) is 18.5 Å². The van der Waals surface area contributed by atoms with Crippen LogP contribution in [0, 0.1) is 0 Å². The van der Waals surface area contributed by atoms with E-state index in [4.69, 9.17) is 9.47 Å². The Morgan fingerprint density at radius 1 is 0.696 bits per heavy atom. The molecule has 0 aromatic heterocycles. The quantitative estimate of drug-likeness (QED) is 0.557. The Labute approximate surface area is 137 Å². The molecule has 0 radical (unpaired) electrons. The van der Waals surface area contributed by atoms with Crippen LogP contribution >= 0.6 is 0 Å². The van der Waals surface area contributed by atoms with Crippen molar-refractivity contribution in [3.63, 3.8) is 0 Å². The van der Waals surface area contributed by atoms with Gasteiger partial charge in [-0.3, -0.25) is 0 Å². The van der Waals surface area contributed by atoms with E-state index < -0.39 is 0 Å². The molecule has 0 unspecified atom stereocenters. The fourth-order valence-corrected chi connectivity index (χ4v) is 2.52. The molecule has 0 saturated carbocycles. The van der Waals surface area contributed by atoms with E-state index in [-0.39, 0.29) is 0 Å². The molecule has 3 aromatic carbocycles. The Hall–Kier alpha value is -2.48. The molecule has 0 atom stereocenters. The smallest absolute Gasteiger partial charge is 0.128 e. The van der Waals surface area contributed by atoms with Crippen LogP contribution in [0.2, 0.25) is 0 Å². The van der Waals surface area contributed by atoms with Gasteiger partial charge in [-0.05, 0) is 65.6 Å². The average molecular weight is 306 g/mol. The maximum Gasteiger partial charge on any atom is 0.128 e. The van der Waals surface area contributed by atoms with Gasteiger partial charge in [0.25, 0.3) is 0 Å². The van der Waals surface area contributed by atoms with Gasteiger partial charge in [0.05, 0.1) is 6.61 Å². The molecule has 0 aliphatic carbocycles. The first kappa shape index (κ1) is 15.4. The molecule has 23 heavy (non-hydrogen) atoms. The zero-order valence-electron chi connectivity index (χ0n) is 13.7. The van der Waals surface area contributed by atoms with E-state index in [1.165, 1.54) is 16.3 Å². The lowest BCUT2D eigenvalue weighted by Crippen LogP contribution is -1.94. The van der Waals surface area contributed by atoms with Crippen molar-refractivity contribution in [2.45, 2.75) is 26.7 Å². The van der Waals surface area contributed by atoms with Gasteiger partial charge in [0.1, 0.15) is 17.2 Å². The molecule has 0 fully saturated rings.